The summed E-state index contributed by atoms with van der Waals surface area (Å²) in [5.74, 6) is -1.07. The molecule has 0 bridgehead atoms. The Morgan fingerprint density at radius 2 is 1.39 bits per heavy atom. The van der Waals surface area contributed by atoms with Gasteiger partial charge in [0.2, 0.25) is 0 Å². The van der Waals surface area contributed by atoms with Gasteiger partial charge in [-0.1, -0.05) is 90.0 Å². The number of hydrogen-bond acceptors (Lipinski definition) is 3. The van der Waals surface area contributed by atoms with Crippen LogP contribution in [-0.4, -0.2) is 25.0 Å². The zero-order valence-electron chi connectivity index (χ0n) is 20.0. The van der Waals surface area contributed by atoms with Crippen LogP contribution in [-0.2, 0) is 15.7 Å². The lowest BCUT2D eigenvalue weighted by Gasteiger charge is -2.09. The van der Waals surface area contributed by atoms with Crippen LogP contribution in [0, 0.1) is 0 Å². The maximum atomic E-state index is 12.7. The zero-order valence-corrected chi connectivity index (χ0v) is 20.0. The molecule has 1 aromatic rings. The van der Waals surface area contributed by atoms with E-state index in [1.54, 1.807) is 0 Å². The van der Waals surface area contributed by atoms with Gasteiger partial charge >= 0.3 is 12.1 Å². The molecule has 4 nitrogen and oxygen atoms in total. The van der Waals surface area contributed by atoms with Crippen molar-refractivity contribution >= 4 is 11.9 Å². The second kappa shape index (κ2) is 17.4. The number of benzene rings is 1. The van der Waals surface area contributed by atoms with Crippen molar-refractivity contribution in [1.82, 2.24) is 5.32 Å². The molecule has 188 valence electrons. The number of nitrogens with one attached hydrogen (secondary N) is 1. The van der Waals surface area contributed by atoms with Crippen molar-refractivity contribution in [1.29, 1.82) is 0 Å². The van der Waals surface area contributed by atoms with Crippen molar-refractivity contribution in [2.45, 2.75) is 103 Å². The Hall–Kier alpha value is -2.05. The molecule has 1 amide bonds. The first-order valence-corrected chi connectivity index (χ1v) is 12.5. The van der Waals surface area contributed by atoms with Crippen molar-refractivity contribution in [3.63, 3.8) is 0 Å². The lowest BCUT2D eigenvalue weighted by Crippen LogP contribution is -2.27. The summed E-state index contributed by atoms with van der Waals surface area (Å²) in [4.78, 5) is 23.7. The van der Waals surface area contributed by atoms with Gasteiger partial charge in [-0.3, -0.25) is 9.59 Å². The number of carbonyl (C=O) groups is 2. The van der Waals surface area contributed by atoms with Crippen LogP contribution in [0.4, 0.5) is 13.2 Å². The highest BCUT2D eigenvalue weighted by Crippen LogP contribution is 2.29. The molecule has 0 saturated heterocycles. The van der Waals surface area contributed by atoms with E-state index in [0.29, 0.717) is 6.61 Å². The van der Waals surface area contributed by atoms with Gasteiger partial charge in [0.15, 0.2) is 0 Å². The van der Waals surface area contributed by atoms with E-state index in [9.17, 15) is 22.8 Å². The Labute approximate surface area is 196 Å². The second-order valence-corrected chi connectivity index (χ2v) is 8.55. The van der Waals surface area contributed by atoms with Gasteiger partial charge in [-0.25, -0.2) is 0 Å². The average molecular weight is 472 g/mol. The molecule has 0 aliphatic rings. The summed E-state index contributed by atoms with van der Waals surface area (Å²) in [5, 5.41) is 2.45. The Bertz CT molecular complexity index is 677. The number of rotatable bonds is 18. The highest BCUT2D eigenvalue weighted by Gasteiger charge is 2.30. The predicted octanol–water partition coefficient (Wildman–Crippen LogP) is 7.46. The fourth-order valence-corrected chi connectivity index (χ4v) is 3.59. The van der Waals surface area contributed by atoms with Crippen molar-refractivity contribution < 1.29 is 27.5 Å². The molecule has 0 atom stereocenters. The van der Waals surface area contributed by atoms with Gasteiger partial charge in [0.05, 0.1) is 18.6 Å². The minimum absolute atomic E-state index is 0.0108. The summed E-state index contributed by atoms with van der Waals surface area (Å²) in [6, 6.07) is 4.19. The van der Waals surface area contributed by atoms with E-state index in [-0.39, 0.29) is 18.5 Å². The Morgan fingerprint density at radius 3 is 1.94 bits per heavy atom. The third kappa shape index (κ3) is 14.7. The summed E-state index contributed by atoms with van der Waals surface area (Å²) < 4.78 is 43.3. The second-order valence-electron chi connectivity index (χ2n) is 8.55. The first kappa shape index (κ1) is 29.0. The monoisotopic (exact) mass is 471 g/mol. The minimum atomic E-state index is -4.51. The molecule has 1 rings (SSSR count). The predicted molar refractivity (Wildman–Crippen MR) is 125 cm³/mol. The topological polar surface area (TPSA) is 55.4 Å². The van der Waals surface area contributed by atoms with Gasteiger partial charge in [-0.2, -0.15) is 13.2 Å². The smallest absolute Gasteiger partial charge is 0.416 e. The molecule has 0 aliphatic carbocycles. The van der Waals surface area contributed by atoms with Crippen LogP contribution in [0.3, 0.4) is 0 Å². The quantitative estimate of drug-likeness (QED) is 0.179. The maximum absolute atomic E-state index is 12.7. The number of carbonyl (C=O) groups excluding carboxylic acids is 2. The van der Waals surface area contributed by atoms with Crippen molar-refractivity contribution in [3.05, 3.63) is 35.4 Å². The molecule has 0 radical (unpaired) electrons. The maximum Gasteiger partial charge on any atom is 0.416 e. The summed E-state index contributed by atoms with van der Waals surface area (Å²) in [7, 11) is 0. The van der Waals surface area contributed by atoms with Crippen LogP contribution < -0.4 is 5.32 Å². The van der Waals surface area contributed by atoms with Crippen LogP contribution in [0.25, 0.3) is 0 Å². The minimum Gasteiger partial charge on any atom is -0.466 e. The van der Waals surface area contributed by atoms with Crippen LogP contribution in [0.2, 0.25) is 0 Å². The number of unbranched alkanes of at least 4 members (excludes halogenated alkanes) is 12. The molecule has 33 heavy (non-hydrogen) atoms. The Kier molecular flexibility index (Phi) is 15.3. The molecule has 0 spiro atoms. The number of amides is 1. The molecular formula is C26H40F3NO3. The fourth-order valence-electron chi connectivity index (χ4n) is 3.59. The molecule has 0 aliphatic heterocycles. The van der Waals surface area contributed by atoms with E-state index < -0.39 is 23.6 Å². The highest BCUT2D eigenvalue weighted by atomic mass is 19.4. The van der Waals surface area contributed by atoms with Crippen molar-refractivity contribution in [2.75, 3.05) is 13.2 Å². The van der Waals surface area contributed by atoms with E-state index in [1.165, 1.54) is 76.3 Å². The van der Waals surface area contributed by atoms with Crippen molar-refractivity contribution in [2.24, 2.45) is 0 Å². The van der Waals surface area contributed by atoms with Gasteiger partial charge < -0.3 is 10.1 Å². The van der Waals surface area contributed by atoms with Gasteiger partial charge in [0.1, 0.15) is 0 Å². The molecule has 0 saturated carbocycles. The SMILES string of the molecule is CCCCCCCCCCCCCCCOC(=O)CCNC(=O)c1cccc(C(F)(F)F)c1. The normalized spacial score (nSPS) is 11.4. The first-order valence-electron chi connectivity index (χ1n) is 12.5. The number of alkyl halides is 3. The van der Waals surface area contributed by atoms with Crippen LogP contribution in [0.1, 0.15) is 113 Å². The molecule has 0 fully saturated rings. The number of esters is 1. The summed E-state index contributed by atoms with van der Waals surface area (Å²) in [6.45, 7) is 2.62. The highest BCUT2D eigenvalue weighted by molar-refractivity contribution is 5.94. The Morgan fingerprint density at radius 1 is 0.848 bits per heavy atom. The number of hydrogen-bond donors (Lipinski definition) is 1. The lowest BCUT2D eigenvalue weighted by molar-refractivity contribution is -0.143. The standard InChI is InChI=1S/C26H40F3NO3/c1-2-3-4-5-6-7-8-9-10-11-12-13-14-20-33-24(31)18-19-30-25(32)22-16-15-17-23(21-22)26(27,28)29/h15-17,21H,2-14,18-20H2,1H3,(H,30,32). The van der Waals surface area contributed by atoms with Crippen molar-refractivity contribution in [3.8, 4) is 0 Å². The van der Waals surface area contributed by atoms with E-state index in [2.05, 4.69) is 12.2 Å². The van der Waals surface area contributed by atoms with E-state index >= 15 is 0 Å². The lowest BCUT2D eigenvalue weighted by atomic mass is 10.0. The van der Waals surface area contributed by atoms with E-state index in [1.807, 2.05) is 0 Å². The van der Waals surface area contributed by atoms with Gasteiger partial charge in [0.25, 0.3) is 5.91 Å². The third-order valence-electron chi connectivity index (χ3n) is 5.58. The van der Waals surface area contributed by atoms with Gasteiger partial charge in [0, 0.05) is 12.1 Å². The zero-order chi connectivity index (χ0) is 24.4. The molecule has 7 heteroatoms. The molecule has 0 heterocycles. The largest absolute Gasteiger partial charge is 0.466 e. The molecule has 1 aromatic carbocycles. The third-order valence-corrected chi connectivity index (χ3v) is 5.58. The molecular weight excluding hydrogens is 431 g/mol. The summed E-state index contributed by atoms with van der Waals surface area (Å²) in [6.07, 6.45) is 11.7. The van der Waals surface area contributed by atoms with Gasteiger partial charge in [-0.15, -0.1) is 0 Å². The summed E-state index contributed by atoms with van der Waals surface area (Å²) >= 11 is 0. The van der Waals surface area contributed by atoms with E-state index in [0.717, 1.165) is 31.4 Å². The first-order chi connectivity index (χ1) is 15.8. The fraction of sp³-hybridized carbons (Fsp3) is 0.692. The van der Waals surface area contributed by atoms with E-state index in [4.69, 9.17) is 4.74 Å². The van der Waals surface area contributed by atoms with Crippen LogP contribution in [0.15, 0.2) is 24.3 Å². The number of ether oxygens (including phenoxy) is 1. The molecule has 1 N–H and O–H groups in total. The molecule has 0 aromatic heterocycles. The Balaban J connectivity index is 1.98. The number of halogens is 3. The van der Waals surface area contributed by atoms with Crippen LogP contribution >= 0.6 is 0 Å². The van der Waals surface area contributed by atoms with Gasteiger partial charge in [-0.05, 0) is 24.6 Å². The average Bonchev–Trinajstić information content (AvgIpc) is 2.78. The van der Waals surface area contributed by atoms with Crippen LogP contribution in [0.5, 0.6) is 0 Å². The summed E-state index contributed by atoms with van der Waals surface area (Å²) in [5.41, 5.74) is -0.975. The molecule has 0 unspecified atom stereocenters.